The molecule has 0 aromatic rings. The second-order valence-electron chi connectivity index (χ2n) is 1.59. The average molecular weight is 170 g/mol. The average Bonchev–Trinajstić information content (AvgIpc) is 2.03. The number of carbonyl (C=O) groups is 2. The van der Waals surface area contributed by atoms with Crippen molar-refractivity contribution in [2.45, 2.75) is 0 Å². The number of rotatable bonds is 4. The van der Waals surface area contributed by atoms with Gasteiger partial charge in [-0.2, -0.15) is 0 Å². The molecule has 64 valence electrons. The fourth-order valence-electron chi connectivity index (χ4n) is 0.319. The molecule has 1 N–H and O–H groups in total. The molecular formula is C6H7BO5. The lowest BCUT2D eigenvalue weighted by Gasteiger charge is -2.03. The van der Waals surface area contributed by atoms with Crippen molar-refractivity contribution < 1.29 is 23.9 Å². The topological polar surface area (TPSA) is 72.8 Å². The molecule has 0 spiro atoms. The summed E-state index contributed by atoms with van der Waals surface area (Å²) in [5, 5.41) is 8.67. The van der Waals surface area contributed by atoms with Gasteiger partial charge < -0.3 is 14.3 Å². The van der Waals surface area contributed by atoms with Crippen LogP contribution in [0.15, 0.2) is 25.3 Å². The van der Waals surface area contributed by atoms with Crippen LogP contribution in [0.5, 0.6) is 0 Å². The summed E-state index contributed by atoms with van der Waals surface area (Å²) in [6, 6.07) is 0. The molecule has 0 aromatic carbocycles. The lowest BCUT2D eigenvalue weighted by Crippen LogP contribution is -2.27. The van der Waals surface area contributed by atoms with Crippen molar-refractivity contribution in [1.82, 2.24) is 0 Å². The Morgan fingerprint density at radius 3 is 1.75 bits per heavy atom. The SMILES string of the molecule is C=CC(=O)OB(O)OC(=O)C=C. The first-order valence-electron chi connectivity index (χ1n) is 2.94. The van der Waals surface area contributed by atoms with Crippen LogP contribution in [-0.4, -0.2) is 24.3 Å². The molecule has 5 nitrogen and oxygen atoms in total. The maximum atomic E-state index is 10.4. The molecule has 12 heavy (non-hydrogen) atoms. The first-order chi connectivity index (χ1) is 5.60. The van der Waals surface area contributed by atoms with Gasteiger partial charge in [0.15, 0.2) is 0 Å². The number of hydrogen-bond donors (Lipinski definition) is 1. The van der Waals surface area contributed by atoms with E-state index in [2.05, 4.69) is 22.5 Å². The molecule has 0 bridgehead atoms. The van der Waals surface area contributed by atoms with Crippen LogP contribution >= 0.6 is 0 Å². The molecule has 0 aliphatic rings. The van der Waals surface area contributed by atoms with Crippen LogP contribution in [0.2, 0.25) is 0 Å². The zero-order chi connectivity index (χ0) is 9.56. The summed E-state index contributed by atoms with van der Waals surface area (Å²) in [5.74, 6) is -1.78. The molecule has 0 aliphatic carbocycles. The van der Waals surface area contributed by atoms with E-state index in [-0.39, 0.29) is 0 Å². The Hall–Kier alpha value is -1.56. The van der Waals surface area contributed by atoms with E-state index >= 15 is 0 Å². The van der Waals surface area contributed by atoms with E-state index in [1.165, 1.54) is 0 Å². The highest BCUT2D eigenvalue weighted by Gasteiger charge is 2.24. The lowest BCUT2D eigenvalue weighted by atomic mass is 10.2. The van der Waals surface area contributed by atoms with E-state index in [0.717, 1.165) is 12.2 Å². The minimum absolute atomic E-state index is 0.824. The third kappa shape index (κ3) is 4.29. The van der Waals surface area contributed by atoms with Crippen LogP contribution in [-0.2, 0) is 18.9 Å². The Kier molecular flexibility index (Phi) is 4.48. The highest BCUT2D eigenvalue weighted by atomic mass is 16.7. The molecule has 0 rings (SSSR count). The van der Waals surface area contributed by atoms with E-state index in [1.807, 2.05) is 0 Å². The number of carbonyl (C=O) groups excluding carboxylic acids is 2. The second-order valence-corrected chi connectivity index (χ2v) is 1.59. The van der Waals surface area contributed by atoms with E-state index in [4.69, 9.17) is 5.02 Å². The normalized spacial score (nSPS) is 8.08. The Labute approximate surface area is 69.5 Å². The first-order valence-corrected chi connectivity index (χ1v) is 2.94. The van der Waals surface area contributed by atoms with Crippen LogP contribution in [0.3, 0.4) is 0 Å². The quantitative estimate of drug-likeness (QED) is 0.451. The molecule has 0 atom stereocenters. The summed E-state index contributed by atoms with van der Waals surface area (Å²) in [6.07, 6.45) is 1.65. The maximum absolute atomic E-state index is 10.4. The van der Waals surface area contributed by atoms with Crippen molar-refractivity contribution in [2.24, 2.45) is 0 Å². The van der Waals surface area contributed by atoms with Crippen molar-refractivity contribution in [2.75, 3.05) is 0 Å². The molecule has 0 unspecified atom stereocenters. The highest BCUT2D eigenvalue weighted by molar-refractivity contribution is 6.40. The molecule has 0 amide bonds. The predicted octanol–water partition coefficient (Wildman–Crippen LogP) is -0.578. The number of hydrogen-bond acceptors (Lipinski definition) is 5. The lowest BCUT2D eigenvalue weighted by molar-refractivity contribution is -0.136. The van der Waals surface area contributed by atoms with Gasteiger partial charge in [0.2, 0.25) is 0 Å². The Balaban J connectivity index is 3.80. The van der Waals surface area contributed by atoms with Gasteiger partial charge in [-0.1, -0.05) is 13.2 Å². The standard InChI is InChI=1S/C6H7BO5/c1-3-5(8)11-7(10)12-6(9)4-2/h3-4,10H,1-2H2. The van der Waals surface area contributed by atoms with Crippen molar-refractivity contribution in [1.29, 1.82) is 0 Å². The smallest absolute Gasteiger partial charge is 0.470 e. The van der Waals surface area contributed by atoms with E-state index in [1.54, 1.807) is 0 Å². The van der Waals surface area contributed by atoms with Gasteiger partial charge in [-0.25, -0.2) is 9.59 Å². The second kappa shape index (κ2) is 5.14. The minimum Gasteiger partial charge on any atom is -0.470 e. The summed E-state index contributed by atoms with van der Waals surface area (Å²) in [4.78, 5) is 20.7. The van der Waals surface area contributed by atoms with Crippen molar-refractivity contribution in [3.05, 3.63) is 25.3 Å². The van der Waals surface area contributed by atoms with Crippen molar-refractivity contribution in [3.8, 4) is 0 Å². The maximum Gasteiger partial charge on any atom is 0.789 e. The fourth-order valence-corrected chi connectivity index (χ4v) is 0.319. The largest absolute Gasteiger partial charge is 0.789 e. The Morgan fingerprint density at radius 2 is 1.50 bits per heavy atom. The molecule has 0 saturated heterocycles. The summed E-state index contributed by atoms with van der Waals surface area (Å²) in [7, 11) is -1.92. The molecule has 0 aromatic heterocycles. The summed E-state index contributed by atoms with van der Waals surface area (Å²) in [6.45, 7) is 6.13. The van der Waals surface area contributed by atoms with Crippen LogP contribution < -0.4 is 0 Å². The van der Waals surface area contributed by atoms with Crippen LogP contribution in [0.4, 0.5) is 0 Å². The monoisotopic (exact) mass is 170 g/mol. The van der Waals surface area contributed by atoms with Crippen LogP contribution in [0.1, 0.15) is 0 Å². The zero-order valence-electron chi connectivity index (χ0n) is 6.23. The molecular weight excluding hydrogens is 163 g/mol. The Morgan fingerprint density at radius 1 is 1.17 bits per heavy atom. The van der Waals surface area contributed by atoms with Crippen LogP contribution in [0, 0.1) is 0 Å². The van der Waals surface area contributed by atoms with Gasteiger partial charge in [-0.05, 0) is 0 Å². The van der Waals surface area contributed by atoms with Gasteiger partial charge in [-0.3, -0.25) is 0 Å². The van der Waals surface area contributed by atoms with E-state index in [0.29, 0.717) is 0 Å². The molecule has 0 saturated carbocycles. The van der Waals surface area contributed by atoms with Gasteiger partial charge in [0.25, 0.3) is 0 Å². The summed E-state index contributed by atoms with van der Waals surface area (Å²) < 4.78 is 8.16. The molecule has 0 aliphatic heterocycles. The van der Waals surface area contributed by atoms with E-state index in [9.17, 15) is 9.59 Å². The first kappa shape index (κ1) is 10.4. The molecule has 0 radical (unpaired) electrons. The zero-order valence-corrected chi connectivity index (χ0v) is 6.23. The molecule has 0 heterocycles. The third-order valence-corrected chi connectivity index (χ3v) is 0.767. The third-order valence-electron chi connectivity index (χ3n) is 0.767. The van der Waals surface area contributed by atoms with Gasteiger partial charge in [-0.15, -0.1) is 0 Å². The highest BCUT2D eigenvalue weighted by Crippen LogP contribution is 1.88. The predicted molar refractivity (Wildman–Crippen MR) is 40.6 cm³/mol. The van der Waals surface area contributed by atoms with Gasteiger partial charge >= 0.3 is 19.3 Å². The summed E-state index contributed by atoms with van der Waals surface area (Å²) in [5.41, 5.74) is 0. The van der Waals surface area contributed by atoms with Gasteiger partial charge in [0, 0.05) is 12.2 Å². The molecule has 0 fully saturated rings. The summed E-state index contributed by atoms with van der Waals surface area (Å²) >= 11 is 0. The minimum atomic E-state index is -1.92. The van der Waals surface area contributed by atoms with Crippen molar-refractivity contribution >= 4 is 19.3 Å². The molecule has 6 heteroatoms. The van der Waals surface area contributed by atoms with Gasteiger partial charge in [0.1, 0.15) is 0 Å². The fraction of sp³-hybridized carbons (Fsp3) is 0. The van der Waals surface area contributed by atoms with Gasteiger partial charge in [0.05, 0.1) is 0 Å². The Bertz CT molecular complexity index is 190. The van der Waals surface area contributed by atoms with E-state index < -0.39 is 19.3 Å². The van der Waals surface area contributed by atoms with Crippen LogP contribution in [0.25, 0.3) is 0 Å². The van der Waals surface area contributed by atoms with Crippen molar-refractivity contribution in [3.63, 3.8) is 0 Å².